The molecule has 1 heterocycles. The predicted molar refractivity (Wildman–Crippen MR) is 77.3 cm³/mol. The highest BCUT2D eigenvalue weighted by Crippen LogP contribution is 2.17. The molecule has 2 rings (SSSR count). The molecular weight excluding hydrogens is 238 g/mol. The molecule has 0 bridgehead atoms. The molecule has 0 aliphatic heterocycles. The van der Waals surface area contributed by atoms with E-state index in [0.717, 1.165) is 22.6 Å². The fourth-order valence-electron chi connectivity index (χ4n) is 1.95. The number of hydrogen-bond donors (Lipinski definition) is 2. The first kappa shape index (κ1) is 13.1. The summed E-state index contributed by atoms with van der Waals surface area (Å²) in [5.74, 6) is -0.147. The molecule has 0 fully saturated rings. The smallest absolute Gasteiger partial charge is 0.255 e. The molecule has 3 N–H and O–H groups in total. The van der Waals surface area contributed by atoms with Gasteiger partial charge in [0.2, 0.25) is 0 Å². The van der Waals surface area contributed by atoms with Gasteiger partial charge in [0, 0.05) is 16.9 Å². The van der Waals surface area contributed by atoms with Crippen molar-refractivity contribution in [2.75, 3.05) is 11.1 Å². The number of nitrogens with two attached hydrogens (primary N) is 1. The van der Waals surface area contributed by atoms with E-state index in [1.807, 2.05) is 32.9 Å². The van der Waals surface area contributed by atoms with Crippen molar-refractivity contribution in [3.63, 3.8) is 0 Å². The molecule has 19 heavy (non-hydrogen) atoms. The van der Waals surface area contributed by atoms with Gasteiger partial charge >= 0.3 is 0 Å². The molecule has 4 heteroatoms. The summed E-state index contributed by atoms with van der Waals surface area (Å²) in [5.41, 5.74) is 10.3. The van der Waals surface area contributed by atoms with E-state index in [1.165, 1.54) is 0 Å². The Morgan fingerprint density at radius 1 is 1.16 bits per heavy atom. The molecule has 0 aliphatic carbocycles. The number of aromatic nitrogens is 1. The third-order valence-electron chi connectivity index (χ3n) is 2.97. The summed E-state index contributed by atoms with van der Waals surface area (Å²) in [4.78, 5) is 16.5. The average Bonchev–Trinajstić information content (AvgIpc) is 2.32. The summed E-state index contributed by atoms with van der Waals surface area (Å²) in [6, 6.07) is 8.98. The number of carbonyl (C=O) groups excluding carboxylic acids is 1. The lowest BCUT2D eigenvalue weighted by Gasteiger charge is -2.10. The van der Waals surface area contributed by atoms with Crippen LogP contribution < -0.4 is 11.1 Å². The van der Waals surface area contributed by atoms with Crippen molar-refractivity contribution in [1.29, 1.82) is 0 Å². The highest BCUT2D eigenvalue weighted by Gasteiger charge is 2.11. The Bertz CT molecular complexity index is 635. The van der Waals surface area contributed by atoms with Crippen LogP contribution in [0, 0.1) is 20.8 Å². The number of pyridine rings is 1. The number of benzene rings is 1. The number of aryl methyl sites for hydroxylation is 3. The van der Waals surface area contributed by atoms with Gasteiger partial charge in [0.1, 0.15) is 0 Å². The minimum Gasteiger partial charge on any atom is -0.399 e. The fraction of sp³-hybridized carbons (Fsp3) is 0.200. The monoisotopic (exact) mass is 255 g/mol. The first-order valence-corrected chi connectivity index (χ1v) is 6.09. The number of rotatable bonds is 2. The summed E-state index contributed by atoms with van der Waals surface area (Å²) in [6.07, 6.45) is 0. The van der Waals surface area contributed by atoms with Crippen LogP contribution in [0.3, 0.4) is 0 Å². The maximum atomic E-state index is 12.2. The maximum Gasteiger partial charge on any atom is 0.255 e. The SMILES string of the molecule is Cc1ccc(NC(=O)c2ccc(N)cc2C)c(C)n1. The van der Waals surface area contributed by atoms with Gasteiger partial charge in [-0.05, 0) is 56.7 Å². The Labute approximate surface area is 112 Å². The van der Waals surface area contributed by atoms with Gasteiger partial charge in [-0.3, -0.25) is 9.78 Å². The van der Waals surface area contributed by atoms with Crippen LogP contribution in [0.5, 0.6) is 0 Å². The second-order valence-electron chi connectivity index (χ2n) is 4.61. The van der Waals surface area contributed by atoms with Crippen molar-refractivity contribution in [2.45, 2.75) is 20.8 Å². The zero-order valence-electron chi connectivity index (χ0n) is 11.3. The number of amides is 1. The van der Waals surface area contributed by atoms with Gasteiger partial charge in [-0.15, -0.1) is 0 Å². The minimum atomic E-state index is -0.147. The number of hydrogen-bond acceptors (Lipinski definition) is 3. The van der Waals surface area contributed by atoms with Gasteiger partial charge in [-0.1, -0.05) is 0 Å². The molecule has 98 valence electrons. The van der Waals surface area contributed by atoms with E-state index < -0.39 is 0 Å². The highest BCUT2D eigenvalue weighted by atomic mass is 16.1. The fourth-order valence-corrected chi connectivity index (χ4v) is 1.95. The van der Waals surface area contributed by atoms with Crippen molar-refractivity contribution in [2.24, 2.45) is 0 Å². The third-order valence-corrected chi connectivity index (χ3v) is 2.97. The van der Waals surface area contributed by atoms with E-state index in [9.17, 15) is 4.79 Å². The number of nitrogens with one attached hydrogen (secondary N) is 1. The zero-order valence-corrected chi connectivity index (χ0v) is 11.3. The Morgan fingerprint density at radius 3 is 2.53 bits per heavy atom. The van der Waals surface area contributed by atoms with Crippen LogP contribution in [0.2, 0.25) is 0 Å². The summed E-state index contributed by atoms with van der Waals surface area (Å²) in [6.45, 7) is 5.66. The lowest BCUT2D eigenvalue weighted by atomic mass is 10.1. The van der Waals surface area contributed by atoms with E-state index in [-0.39, 0.29) is 5.91 Å². The van der Waals surface area contributed by atoms with Gasteiger partial charge in [-0.2, -0.15) is 0 Å². The Morgan fingerprint density at radius 2 is 1.89 bits per heavy atom. The van der Waals surface area contributed by atoms with Gasteiger partial charge in [0.25, 0.3) is 5.91 Å². The predicted octanol–water partition coefficient (Wildman–Crippen LogP) is 2.84. The number of nitrogens with zero attached hydrogens (tertiary/aromatic N) is 1. The molecule has 1 amide bonds. The minimum absolute atomic E-state index is 0.147. The quantitative estimate of drug-likeness (QED) is 0.811. The molecule has 0 spiro atoms. The zero-order chi connectivity index (χ0) is 14.0. The Hall–Kier alpha value is -2.36. The van der Waals surface area contributed by atoms with E-state index in [0.29, 0.717) is 11.3 Å². The molecular formula is C15H17N3O. The Kier molecular flexibility index (Phi) is 3.51. The molecule has 4 nitrogen and oxygen atoms in total. The van der Waals surface area contributed by atoms with Crippen molar-refractivity contribution in [3.05, 3.63) is 52.8 Å². The van der Waals surface area contributed by atoms with E-state index >= 15 is 0 Å². The van der Waals surface area contributed by atoms with Crippen LogP contribution >= 0.6 is 0 Å². The summed E-state index contributed by atoms with van der Waals surface area (Å²) in [7, 11) is 0. The van der Waals surface area contributed by atoms with Crippen molar-refractivity contribution >= 4 is 17.3 Å². The molecule has 0 unspecified atom stereocenters. The van der Waals surface area contributed by atoms with Crippen LogP contribution in [0.1, 0.15) is 27.3 Å². The Balaban J connectivity index is 2.25. The normalized spacial score (nSPS) is 10.3. The molecule has 0 saturated carbocycles. The second-order valence-corrected chi connectivity index (χ2v) is 4.61. The second kappa shape index (κ2) is 5.10. The first-order chi connectivity index (χ1) is 8.97. The van der Waals surface area contributed by atoms with Crippen LogP contribution in [0.15, 0.2) is 30.3 Å². The number of nitrogen functional groups attached to an aromatic ring is 1. The molecule has 1 aromatic carbocycles. The molecule has 1 aromatic heterocycles. The van der Waals surface area contributed by atoms with Gasteiger partial charge in [0.15, 0.2) is 0 Å². The van der Waals surface area contributed by atoms with Crippen molar-refractivity contribution < 1.29 is 4.79 Å². The standard InChI is InChI=1S/C15H17N3O/c1-9-8-12(16)5-6-13(9)15(19)18-14-7-4-10(2)17-11(14)3/h4-8H,16H2,1-3H3,(H,18,19). The third kappa shape index (κ3) is 2.91. The maximum absolute atomic E-state index is 12.2. The van der Waals surface area contributed by atoms with Gasteiger partial charge < -0.3 is 11.1 Å². The highest BCUT2D eigenvalue weighted by molar-refractivity contribution is 6.05. The molecule has 2 aromatic rings. The summed E-state index contributed by atoms with van der Waals surface area (Å²) < 4.78 is 0. The van der Waals surface area contributed by atoms with Crippen molar-refractivity contribution in [1.82, 2.24) is 4.98 Å². The van der Waals surface area contributed by atoms with Gasteiger partial charge in [-0.25, -0.2) is 0 Å². The lowest BCUT2D eigenvalue weighted by molar-refractivity contribution is 0.102. The van der Waals surface area contributed by atoms with Gasteiger partial charge in [0.05, 0.1) is 11.4 Å². The number of anilines is 2. The molecule has 0 atom stereocenters. The van der Waals surface area contributed by atoms with Crippen LogP contribution in [-0.2, 0) is 0 Å². The van der Waals surface area contributed by atoms with Crippen LogP contribution in [-0.4, -0.2) is 10.9 Å². The summed E-state index contributed by atoms with van der Waals surface area (Å²) >= 11 is 0. The van der Waals surface area contributed by atoms with E-state index in [4.69, 9.17) is 5.73 Å². The first-order valence-electron chi connectivity index (χ1n) is 6.09. The van der Waals surface area contributed by atoms with E-state index in [1.54, 1.807) is 18.2 Å². The van der Waals surface area contributed by atoms with Crippen LogP contribution in [0.4, 0.5) is 11.4 Å². The summed E-state index contributed by atoms with van der Waals surface area (Å²) in [5, 5.41) is 2.87. The number of carbonyl (C=O) groups is 1. The average molecular weight is 255 g/mol. The topological polar surface area (TPSA) is 68.0 Å². The van der Waals surface area contributed by atoms with Crippen LogP contribution in [0.25, 0.3) is 0 Å². The largest absolute Gasteiger partial charge is 0.399 e. The molecule has 0 saturated heterocycles. The van der Waals surface area contributed by atoms with Crippen molar-refractivity contribution in [3.8, 4) is 0 Å². The molecule has 0 radical (unpaired) electrons. The molecule has 0 aliphatic rings. The lowest BCUT2D eigenvalue weighted by Crippen LogP contribution is -2.14. The van der Waals surface area contributed by atoms with E-state index in [2.05, 4.69) is 10.3 Å².